The number of thioether (sulfide) groups is 1. The van der Waals surface area contributed by atoms with Gasteiger partial charge in [0.2, 0.25) is 5.91 Å². The number of hydrogen-bond donors (Lipinski definition) is 1. The summed E-state index contributed by atoms with van der Waals surface area (Å²) in [6.07, 6.45) is 3.05. The minimum atomic E-state index is -0.276. The van der Waals surface area contributed by atoms with Gasteiger partial charge < -0.3 is 5.32 Å². The summed E-state index contributed by atoms with van der Waals surface area (Å²) < 4.78 is 2.56. The molecule has 0 saturated carbocycles. The normalized spacial score (nSPS) is 11.7. The van der Waals surface area contributed by atoms with Crippen LogP contribution in [0.5, 0.6) is 0 Å². The number of unbranched alkanes of at least 4 members (excludes halogenated alkanes) is 2. The molecule has 1 N–H and O–H groups in total. The molecule has 2 rings (SSSR count). The number of amides is 1. The van der Waals surface area contributed by atoms with Crippen molar-refractivity contribution < 1.29 is 4.79 Å². The Morgan fingerprint density at radius 1 is 1.31 bits per heavy atom. The van der Waals surface area contributed by atoms with Crippen molar-refractivity contribution in [3.8, 4) is 0 Å². The van der Waals surface area contributed by atoms with E-state index < -0.39 is 0 Å². The van der Waals surface area contributed by atoms with E-state index >= 15 is 0 Å². The van der Waals surface area contributed by atoms with Crippen LogP contribution in [0.2, 0.25) is 0 Å². The van der Waals surface area contributed by atoms with Crippen LogP contribution < -0.4 is 10.9 Å². The van der Waals surface area contributed by atoms with E-state index in [0.717, 1.165) is 23.7 Å². The van der Waals surface area contributed by atoms with Crippen LogP contribution in [-0.4, -0.2) is 26.8 Å². The van der Waals surface area contributed by atoms with E-state index in [1.807, 2.05) is 39.0 Å². The number of carbonyl (C=O) groups excluding carboxylic acids is 1. The van der Waals surface area contributed by atoms with Crippen LogP contribution in [0.3, 0.4) is 0 Å². The maximum atomic E-state index is 13.0. The standard InChI is InChI=1S/C19H26BrN3O2S/c1-5-6-7-10-23-17(25)14-11-13(20)8-9-15(14)21-18(23)26-12-16(24)22-19(2,3)4/h8-9,11H,5-7,10,12H2,1-4H3,(H,22,24). The summed E-state index contributed by atoms with van der Waals surface area (Å²) in [7, 11) is 0. The summed E-state index contributed by atoms with van der Waals surface area (Å²) in [5.41, 5.74) is 0.330. The summed E-state index contributed by atoms with van der Waals surface area (Å²) in [4.78, 5) is 29.8. The van der Waals surface area contributed by atoms with Crippen molar-refractivity contribution in [2.45, 2.75) is 64.2 Å². The number of benzene rings is 1. The third-order valence-corrected chi connectivity index (χ3v) is 5.18. The third-order valence-electron chi connectivity index (χ3n) is 3.71. The van der Waals surface area contributed by atoms with Crippen molar-refractivity contribution in [2.75, 3.05) is 5.75 Å². The molecular formula is C19H26BrN3O2S. The highest BCUT2D eigenvalue weighted by Crippen LogP contribution is 2.21. The van der Waals surface area contributed by atoms with Gasteiger partial charge in [-0.1, -0.05) is 47.5 Å². The zero-order valence-corrected chi connectivity index (χ0v) is 18.2. The molecule has 0 spiro atoms. The molecule has 5 nitrogen and oxygen atoms in total. The average Bonchev–Trinajstić information content (AvgIpc) is 2.54. The van der Waals surface area contributed by atoms with Crippen molar-refractivity contribution in [2.24, 2.45) is 0 Å². The second-order valence-corrected chi connectivity index (χ2v) is 9.16. The lowest BCUT2D eigenvalue weighted by atomic mass is 10.1. The Morgan fingerprint density at radius 2 is 2.04 bits per heavy atom. The summed E-state index contributed by atoms with van der Waals surface area (Å²) in [5, 5.41) is 4.14. The molecule has 1 amide bonds. The Labute approximate surface area is 167 Å². The van der Waals surface area contributed by atoms with Crippen molar-refractivity contribution in [3.05, 3.63) is 33.0 Å². The number of halogens is 1. The van der Waals surface area contributed by atoms with Crippen molar-refractivity contribution >= 4 is 44.5 Å². The maximum absolute atomic E-state index is 13.0. The molecular weight excluding hydrogens is 414 g/mol. The number of aromatic nitrogens is 2. The molecule has 7 heteroatoms. The van der Waals surface area contributed by atoms with Gasteiger partial charge >= 0.3 is 0 Å². The number of nitrogens with one attached hydrogen (secondary N) is 1. The summed E-state index contributed by atoms with van der Waals surface area (Å²) in [6.45, 7) is 8.59. The molecule has 2 aromatic rings. The van der Waals surface area contributed by atoms with Crippen LogP contribution in [0.4, 0.5) is 0 Å². The number of fused-ring (bicyclic) bond motifs is 1. The largest absolute Gasteiger partial charge is 0.351 e. The zero-order chi connectivity index (χ0) is 19.3. The quantitative estimate of drug-likeness (QED) is 0.395. The highest BCUT2D eigenvalue weighted by Gasteiger charge is 2.16. The lowest BCUT2D eigenvalue weighted by Crippen LogP contribution is -2.41. The minimum absolute atomic E-state index is 0.0499. The topological polar surface area (TPSA) is 64.0 Å². The monoisotopic (exact) mass is 439 g/mol. The Kier molecular flexibility index (Phi) is 7.29. The van der Waals surface area contributed by atoms with Crippen LogP contribution in [0.15, 0.2) is 32.6 Å². The molecule has 0 saturated heterocycles. The lowest BCUT2D eigenvalue weighted by Gasteiger charge is -2.20. The molecule has 0 aliphatic carbocycles. The maximum Gasteiger partial charge on any atom is 0.262 e. The second kappa shape index (κ2) is 9.04. The van der Waals surface area contributed by atoms with Gasteiger partial charge in [0.1, 0.15) is 0 Å². The van der Waals surface area contributed by atoms with Crippen LogP contribution in [0.25, 0.3) is 10.9 Å². The Hall–Kier alpha value is -1.34. The highest BCUT2D eigenvalue weighted by atomic mass is 79.9. The highest BCUT2D eigenvalue weighted by molar-refractivity contribution is 9.10. The van der Waals surface area contributed by atoms with E-state index in [-0.39, 0.29) is 22.8 Å². The van der Waals surface area contributed by atoms with Gasteiger partial charge in [0.25, 0.3) is 5.56 Å². The van der Waals surface area contributed by atoms with Crippen LogP contribution >= 0.6 is 27.7 Å². The summed E-state index contributed by atoms with van der Waals surface area (Å²) in [6, 6.07) is 5.51. The lowest BCUT2D eigenvalue weighted by molar-refractivity contribution is -0.119. The molecule has 0 fully saturated rings. The molecule has 0 radical (unpaired) electrons. The number of carbonyl (C=O) groups is 1. The first kappa shape index (κ1) is 21.0. The van der Waals surface area contributed by atoms with Gasteiger partial charge in [-0.2, -0.15) is 0 Å². The zero-order valence-electron chi connectivity index (χ0n) is 15.8. The average molecular weight is 440 g/mol. The molecule has 1 aromatic heterocycles. The van der Waals surface area contributed by atoms with Crippen molar-refractivity contribution in [1.82, 2.24) is 14.9 Å². The molecule has 26 heavy (non-hydrogen) atoms. The second-order valence-electron chi connectivity index (χ2n) is 7.31. The fourth-order valence-corrected chi connectivity index (χ4v) is 3.77. The van der Waals surface area contributed by atoms with Gasteiger partial charge in [-0.15, -0.1) is 0 Å². The Morgan fingerprint density at radius 3 is 2.69 bits per heavy atom. The van der Waals surface area contributed by atoms with Gasteiger partial charge in [0, 0.05) is 16.6 Å². The van der Waals surface area contributed by atoms with Gasteiger partial charge in [-0.05, 0) is 45.4 Å². The van der Waals surface area contributed by atoms with Crippen LogP contribution in [0, 0.1) is 0 Å². The number of hydrogen-bond acceptors (Lipinski definition) is 4. The van der Waals surface area contributed by atoms with E-state index in [9.17, 15) is 9.59 Å². The molecule has 0 bridgehead atoms. The van der Waals surface area contributed by atoms with E-state index in [2.05, 4.69) is 33.2 Å². The van der Waals surface area contributed by atoms with E-state index in [1.54, 1.807) is 4.57 Å². The molecule has 1 aromatic carbocycles. The fourth-order valence-electron chi connectivity index (χ4n) is 2.58. The van der Waals surface area contributed by atoms with Crippen LogP contribution in [0.1, 0.15) is 47.0 Å². The van der Waals surface area contributed by atoms with E-state index in [0.29, 0.717) is 22.6 Å². The molecule has 0 atom stereocenters. The van der Waals surface area contributed by atoms with Gasteiger partial charge in [0.05, 0.1) is 16.7 Å². The van der Waals surface area contributed by atoms with Gasteiger partial charge in [-0.3, -0.25) is 14.2 Å². The predicted molar refractivity (Wildman–Crippen MR) is 112 cm³/mol. The molecule has 142 valence electrons. The predicted octanol–water partition coefficient (Wildman–Crippen LogP) is 4.36. The third kappa shape index (κ3) is 5.84. The molecule has 0 unspecified atom stereocenters. The SMILES string of the molecule is CCCCCn1c(SCC(=O)NC(C)(C)C)nc2ccc(Br)cc2c1=O. The Balaban J connectivity index is 2.33. The molecule has 0 aliphatic heterocycles. The first-order valence-corrected chi connectivity index (χ1v) is 10.6. The number of nitrogens with zero attached hydrogens (tertiary/aromatic N) is 2. The van der Waals surface area contributed by atoms with E-state index in [1.165, 1.54) is 11.8 Å². The van der Waals surface area contributed by atoms with Crippen molar-refractivity contribution in [3.63, 3.8) is 0 Å². The first-order chi connectivity index (χ1) is 12.2. The minimum Gasteiger partial charge on any atom is -0.351 e. The smallest absolute Gasteiger partial charge is 0.262 e. The summed E-state index contributed by atoms with van der Waals surface area (Å²) >= 11 is 4.73. The number of rotatable bonds is 7. The van der Waals surface area contributed by atoms with E-state index in [4.69, 9.17) is 0 Å². The Bertz CT molecular complexity index is 843. The molecule has 0 aliphatic rings. The fraction of sp³-hybridized carbons (Fsp3) is 0.526. The first-order valence-electron chi connectivity index (χ1n) is 8.85. The molecule has 1 heterocycles. The van der Waals surface area contributed by atoms with Crippen molar-refractivity contribution in [1.29, 1.82) is 0 Å². The van der Waals surface area contributed by atoms with Gasteiger partial charge in [0.15, 0.2) is 5.16 Å². The van der Waals surface area contributed by atoms with Crippen LogP contribution in [-0.2, 0) is 11.3 Å². The van der Waals surface area contributed by atoms with Gasteiger partial charge in [-0.25, -0.2) is 4.98 Å². The summed E-state index contributed by atoms with van der Waals surface area (Å²) in [5.74, 6) is 0.173.